The Kier molecular flexibility index (Phi) is 5.27. The van der Waals surface area contributed by atoms with Gasteiger partial charge in [-0.3, -0.25) is 4.79 Å². The molecule has 22 heavy (non-hydrogen) atoms. The summed E-state index contributed by atoms with van der Waals surface area (Å²) in [4.78, 5) is 12.2. The highest BCUT2D eigenvalue weighted by molar-refractivity contribution is 7.92. The van der Waals surface area contributed by atoms with Crippen molar-refractivity contribution in [3.63, 3.8) is 0 Å². The average Bonchev–Trinajstić information content (AvgIpc) is 2.94. The molecular weight excluding hydrogens is 298 g/mol. The second kappa shape index (κ2) is 6.82. The Morgan fingerprint density at radius 1 is 1.27 bits per heavy atom. The zero-order chi connectivity index (χ0) is 16.3. The number of benzene rings is 1. The van der Waals surface area contributed by atoms with Crippen molar-refractivity contribution in [1.82, 2.24) is 5.32 Å². The second-order valence-corrected chi connectivity index (χ2v) is 8.69. The monoisotopic (exact) mass is 323 g/mol. The molecule has 0 unspecified atom stereocenters. The van der Waals surface area contributed by atoms with Gasteiger partial charge >= 0.3 is 0 Å². The summed E-state index contributed by atoms with van der Waals surface area (Å²) in [5.41, 5.74) is 2.75. The van der Waals surface area contributed by atoms with E-state index in [9.17, 15) is 13.2 Å². The molecule has 1 aliphatic carbocycles. The van der Waals surface area contributed by atoms with Crippen LogP contribution in [0.5, 0.6) is 0 Å². The first-order valence-electron chi connectivity index (χ1n) is 7.87. The number of sulfone groups is 1. The normalized spacial score (nSPS) is 17.4. The molecule has 0 bridgehead atoms. The van der Waals surface area contributed by atoms with E-state index in [0.29, 0.717) is 0 Å². The molecule has 0 saturated heterocycles. The fraction of sp³-hybridized carbons (Fsp3) is 0.588. The Bertz CT molecular complexity index is 646. The highest BCUT2D eigenvalue weighted by Crippen LogP contribution is 2.20. The molecule has 1 aromatic carbocycles. The lowest BCUT2D eigenvalue weighted by Crippen LogP contribution is -2.42. The topological polar surface area (TPSA) is 63.2 Å². The van der Waals surface area contributed by atoms with Crippen molar-refractivity contribution in [3.8, 4) is 0 Å². The fourth-order valence-corrected chi connectivity index (χ4v) is 4.24. The molecule has 0 spiro atoms. The van der Waals surface area contributed by atoms with Crippen LogP contribution in [0, 0.1) is 13.8 Å². The van der Waals surface area contributed by atoms with Crippen LogP contribution < -0.4 is 5.32 Å². The Balaban J connectivity index is 2.08. The molecule has 1 fully saturated rings. The number of hydrogen-bond donors (Lipinski definition) is 1. The smallest absolute Gasteiger partial charge is 0.238 e. The molecule has 1 amide bonds. The van der Waals surface area contributed by atoms with Crippen molar-refractivity contribution < 1.29 is 13.2 Å². The van der Waals surface area contributed by atoms with Gasteiger partial charge in [0, 0.05) is 6.04 Å². The summed E-state index contributed by atoms with van der Waals surface area (Å²) in [6.45, 7) is 5.32. The summed E-state index contributed by atoms with van der Waals surface area (Å²) in [6, 6.07) is 5.91. The number of aryl methyl sites for hydroxylation is 2. The van der Waals surface area contributed by atoms with Crippen molar-refractivity contribution in [1.29, 1.82) is 0 Å². The van der Waals surface area contributed by atoms with Gasteiger partial charge in [0.05, 0.1) is 5.75 Å². The van der Waals surface area contributed by atoms with Crippen LogP contribution in [0.15, 0.2) is 18.2 Å². The summed E-state index contributed by atoms with van der Waals surface area (Å²) in [7, 11) is -3.51. The highest BCUT2D eigenvalue weighted by atomic mass is 32.2. The van der Waals surface area contributed by atoms with Crippen LogP contribution >= 0.6 is 0 Å². The number of amides is 1. The first-order chi connectivity index (χ1) is 10.3. The summed E-state index contributed by atoms with van der Waals surface area (Å²) in [6.07, 6.45) is 4.12. The van der Waals surface area contributed by atoms with E-state index < -0.39 is 15.1 Å². The van der Waals surface area contributed by atoms with Crippen molar-refractivity contribution in [3.05, 3.63) is 34.9 Å². The van der Waals surface area contributed by atoms with E-state index in [-0.39, 0.29) is 17.7 Å². The van der Waals surface area contributed by atoms with E-state index in [1.807, 2.05) is 32.0 Å². The Hall–Kier alpha value is -1.36. The van der Waals surface area contributed by atoms with Gasteiger partial charge in [-0.25, -0.2) is 8.42 Å². The highest BCUT2D eigenvalue weighted by Gasteiger charge is 2.30. The van der Waals surface area contributed by atoms with Crippen LogP contribution in [-0.4, -0.2) is 25.6 Å². The fourth-order valence-electron chi connectivity index (χ4n) is 2.85. The van der Waals surface area contributed by atoms with Crippen molar-refractivity contribution in [2.75, 3.05) is 0 Å². The maximum absolute atomic E-state index is 12.5. The van der Waals surface area contributed by atoms with Gasteiger partial charge in [0.25, 0.3) is 0 Å². The van der Waals surface area contributed by atoms with Crippen molar-refractivity contribution >= 4 is 15.7 Å². The van der Waals surface area contributed by atoms with Gasteiger partial charge in [0.1, 0.15) is 5.25 Å². The molecule has 0 aliphatic heterocycles. The number of rotatable bonds is 5. The minimum atomic E-state index is -3.51. The first-order valence-corrected chi connectivity index (χ1v) is 9.59. The summed E-state index contributed by atoms with van der Waals surface area (Å²) in [5, 5.41) is 1.87. The van der Waals surface area contributed by atoms with E-state index in [4.69, 9.17) is 0 Å². The van der Waals surface area contributed by atoms with Gasteiger partial charge in [0.15, 0.2) is 9.84 Å². The van der Waals surface area contributed by atoms with Crippen LogP contribution in [0.3, 0.4) is 0 Å². The van der Waals surface area contributed by atoms with Crippen LogP contribution in [0.1, 0.15) is 49.3 Å². The third-order valence-electron chi connectivity index (χ3n) is 4.47. The van der Waals surface area contributed by atoms with E-state index in [2.05, 4.69) is 5.32 Å². The molecule has 1 saturated carbocycles. The third kappa shape index (κ3) is 4.09. The van der Waals surface area contributed by atoms with Crippen LogP contribution in [-0.2, 0) is 20.4 Å². The molecule has 0 radical (unpaired) electrons. The van der Waals surface area contributed by atoms with Crippen LogP contribution in [0.4, 0.5) is 0 Å². The van der Waals surface area contributed by atoms with Crippen molar-refractivity contribution in [2.45, 2.75) is 63.5 Å². The van der Waals surface area contributed by atoms with Crippen LogP contribution in [0.25, 0.3) is 0 Å². The van der Waals surface area contributed by atoms with E-state index in [1.54, 1.807) is 0 Å². The van der Waals surface area contributed by atoms with Gasteiger partial charge in [-0.15, -0.1) is 0 Å². The Labute approximate surface area is 133 Å². The Morgan fingerprint density at radius 2 is 1.91 bits per heavy atom. The molecular formula is C17H25NO3S. The zero-order valence-electron chi connectivity index (χ0n) is 13.6. The number of nitrogens with one attached hydrogen (secondary N) is 1. The number of carbonyl (C=O) groups excluding carboxylic acids is 1. The SMILES string of the molecule is Cc1ccc(C)c(CS(=O)(=O)[C@H](C)C(=O)NC2CCCC2)c1. The summed E-state index contributed by atoms with van der Waals surface area (Å²) >= 11 is 0. The molecule has 2 rings (SSSR count). The van der Waals surface area contributed by atoms with Gasteiger partial charge in [-0.2, -0.15) is 0 Å². The van der Waals surface area contributed by atoms with Crippen LogP contribution in [0.2, 0.25) is 0 Å². The molecule has 5 heteroatoms. The minimum Gasteiger partial charge on any atom is -0.352 e. The number of hydrogen-bond acceptors (Lipinski definition) is 3. The predicted molar refractivity (Wildman–Crippen MR) is 88.4 cm³/mol. The number of carbonyl (C=O) groups is 1. The van der Waals surface area contributed by atoms with E-state index in [0.717, 1.165) is 42.4 Å². The second-order valence-electron chi connectivity index (χ2n) is 6.37. The van der Waals surface area contributed by atoms with Gasteiger partial charge in [0.2, 0.25) is 5.91 Å². The minimum absolute atomic E-state index is 0.0836. The van der Waals surface area contributed by atoms with Crippen molar-refractivity contribution in [2.24, 2.45) is 0 Å². The van der Waals surface area contributed by atoms with Gasteiger partial charge < -0.3 is 5.32 Å². The lowest BCUT2D eigenvalue weighted by molar-refractivity contribution is -0.121. The lowest BCUT2D eigenvalue weighted by atomic mass is 10.1. The van der Waals surface area contributed by atoms with Gasteiger partial charge in [-0.05, 0) is 44.7 Å². The maximum Gasteiger partial charge on any atom is 0.238 e. The molecule has 1 atom stereocenters. The molecule has 0 aromatic heterocycles. The average molecular weight is 323 g/mol. The third-order valence-corrected chi connectivity index (χ3v) is 6.48. The lowest BCUT2D eigenvalue weighted by Gasteiger charge is -2.17. The molecule has 1 aromatic rings. The molecule has 0 heterocycles. The molecule has 1 aliphatic rings. The Morgan fingerprint density at radius 3 is 2.55 bits per heavy atom. The standard InChI is InChI=1S/C17H25NO3S/c1-12-8-9-13(2)15(10-12)11-22(20,21)14(3)17(19)18-16-6-4-5-7-16/h8-10,14,16H,4-7,11H2,1-3H3,(H,18,19)/t14-/m1/s1. The van der Waals surface area contributed by atoms with Gasteiger partial charge in [-0.1, -0.05) is 36.6 Å². The molecule has 122 valence electrons. The first kappa shape index (κ1) is 17.0. The summed E-state index contributed by atoms with van der Waals surface area (Å²) < 4.78 is 25.0. The quantitative estimate of drug-likeness (QED) is 0.906. The van der Waals surface area contributed by atoms with E-state index >= 15 is 0 Å². The summed E-state index contributed by atoms with van der Waals surface area (Å²) in [5.74, 6) is -0.447. The largest absolute Gasteiger partial charge is 0.352 e. The maximum atomic E-state index is 12.5. The molecule has 4 nitrogen and oxygen atoms in total. The van der Waals surface area contributed by atoms with E-state index in [1.165, 1.54) is 6.92 Å². The molecule has 1 N–H and O–H groups in total. The zero-order valence-corrected chi connectivity index (χ0v) is 14.4. The predicted octanol–water partition coefficient (Wildman–Crippen LogP) is 2.67.